The molecule has 1 unspecified atom stereocenters. The van der Waals surface area contributed by atoms with E-state index in [9.17, 15) is 4.79 Å². The van der Waals surface area contributed by atoms with Crippen LogP contribution in [-0.4, -0.2) is 16.9 Å². The highest BCUT2D eigenvalue weighted by Crippen LogP contribution is 2.25. The van der Waals surface area contributed by atoms with Crippen LogP contribution in [0.5, 0.6) is 0 Å². The average molecular weight is 395 g/mol. The summed E-state index contributed by atoms with van der Waals surface area (Å²) in [5.74, 6) is -0.0527. The number of nitrogens with zero attached hydrogens (tertiary/aromatic N) is 1. The number of nitrogens with one attached hydrogen (secondary N) is 1. The molecule has 1 amide bonds. The largest absolute Gasteiger partial charge is 0.350 e. The lowest BCUT2D eigenvalue weighted by molar-refractivity contribution is 0.0940. The zero-order valence-electron chi connectivity index (χ0n) is 17.4. The summed E-state index contributed by atoms with van der Waals surface area (Å²) in [4.78, 5) is 18.0. The number of hydrogen-bond donors (Lipinski definition) is 1. The number of carbonyl (C=O) groups excluding carboxylic acids is 1. The van der Waals surface area contributed by atoms with Crippen molar-refractivity contribution in [2.45, 2.75) is 32.7 Å². The van der Waals surface area contributed by atoms with E-state index in [4.69, 9.17) is 4.98 Å². The molecular weight excluding hydrogens is 368 g/mol. The SMILES string of the molecule is Cc1cccc(-c2cc(C(=O)NC(C)CCc3ccccc3)c3ccccc3n2)c1. The molecular formula is C27H26N2O. The molecule has 0 aliphatic carbocycles. The van der Waals surface area contributed by atoms with Crippen molar-refractivity contribution in [2.75, 3.05) is 0 Å². The maximum absolute atomic E-state index is 13.2. The van der Waals surface area contributed by atoms with E-state index in [1.165, 1.54) is 11.1 Å². The highest BCUT2D eigenvalue weighted by Gasteiger charge is 2.16. The Morgan fingerprint density at radius 1 is 0.933 bits per heavy atom. The molecule has 1 aromatic heterocycles. The Hall–Kier alpha value is -3.46. The van der Waals surface area contributed by atoms with Gasteiger partial charge in [0.05, 0.1) is 16.8 Å². The number of para-hydroxylation sites is 1. The molecule has 1 heterocycles. The Kier molecular flexibility index (Phi) is 5.89. The summed E-state index contributed by atoms with van der Waals surface area (Å²) in [7, 11) is 0. The summed E-state index contributed by atoms with van der Waals surface area (Å²) >= 11 is 0. The van der Waals surface area contributed by atoms with Crippen LogP contribution in [0.25, 0.3) is 22.2 Å². The summed E-state index contributed by atoms with van der Waals surface area (Å²) in [6, 6.07) is 28.4. The Bertz CT molecular complexity index is 1170. The number of aromatic nitrogens is 1. The molecule has 0 fully saturated rings. The van der Waals surface area contributed by atoms with Crippen molar-refractivity contribution >= 4 is 16.8 Å². The van der Waals surface area contributed by atoms with Gasteiger partial charge >= 0.3 is 0 Å². The molecule has 150 valence electrons. The fraction of sp³-hybridized carbons (Fsp3) is 0.185. The second-order valence-electron chi connectivity index (χ2n) is 7.84. The lowest BCUT2D eigenvalue weighted by Gasteiger charge is -2.16. The summed E-state index contributed by atoms with van der Waals surface area (Å²) < 4.78 is 0. The molecule has 1 N–H and O–H groups in total. The quantitative estimate of drug-likeness (QED) is 0.438. The van der Waals surface area contributed by atoms with Gasteiger partial charge in [0, 0.05) is 17.0 Å². The second-order valence-corrected chi connectivity index (χ2v) is 7.84. The van der Waals surface area contributed by atoms with Crippen molar-refractivity contribution in [1.29, 1.82) is 0 Å². The van der Waals surface area contributed by atoms with E-state index in [0.29, 0.717) is 5.56 Å². The van der Waals surface area contributed by atoms with Gasteiger partial charge in [0.15, 0.2) is 0 Å². The zero-order chi connectivity index (χ0) is 20.9. The first kappa shape index (κ1) is 19.8. The van der Waals surface area contributed by atoms with E-state index >= 15 is 0 Å². The van der Waals surface area contributed by atoms with Crippen molar-refractivity contribution in [3.63, 3.8) is 0 Å². The highest BCUT2D eigenvalue weighted by atomic mass is 16.1. The number of rotatable bonds is 6. The van der Waals surface area contributed by atoms with Crippen molar-refractivity contribution < 1.29 is 4.79 Å². The molecule has 30 heavy (non-hydrogen) atoms. The van der Waals surface area contributed by atoms with Gasteiger partial charge in [-0.15, -0.1) is 0 Å². The minimum atomic E-state index is -0.0527. The van der Waals surface area contributed by atoms with Gasteiger partial charge in [-0.3, -0.25) is 4.79 Å². The normalized spacial score (nSPS) is 11.9. The fourth-order valence-corrected chi connectivity index (χ4v) is 3.72. The third-order valence-electron chi connectivity index (χ3n) is 5.36. The lowest BCUT2D eigenvalue weighted by Crippen LogP contribution is -2.33. The fourth-order valence-electron chi connectivity index (χ4n) is 3.72. The van der Waals surface area contributed by atoms with Gasteiger partial charge < -0.3 is 5.32 Å². The van der Waals surface area contributed by atoms with Crippen LogP contribution >= 0.6 is 0 Å². The Balaban J connectivity index is 1.59. The third-order valence-corrected chi connectivity index (χ3v) is 5.36. The predicted molar refractivity (Wildman–Crippen MR) is 124 cm³/mol. The van der Waals surface area contributed by atoms with Crippen molar-refractivity contribution in [1.82, 2.24) is 10.3 Å². The van der Waals surface area contributed by atoms with Gasteiger partial charge in [-0.2, -0.15) is 0 Å². The van der Waals surface area contributed by atoms with Gasteiger partial charge in [-0.05, 0) is 50.5 Å². The van der Waals surface area contributed by atoms with E-state index in [-0.39, 0.29) is 11.9 Å². The molecule has 4 aromatic rings. The van der Waals surface area contributed by atoms with Crippen LogP contribution in [0.4, 0.5) is 0 Å². The summed E-state index contributed by atoms with van der Waals surface area (Å²) in [5, 5.41) is 4.06. The summed E-state index contributed by atoms with van der Waals surface area (Å²) in [6.07, 6.45) is 1.83. The molecule has 3 nitrogen and oxygen atoms in total. The molecule has 0 aliphatic heterocycles. The first-order chi connectivity index (χ1) is 14.6. The molecule has 3 aromatic carbocycles. The number of amides is 1. The van der Waals surface area contributed by atoms with Crippen LogP contribution in [0.15, 0.2) is 84.9 Å². The van der Waals surface area contributed by atoms with Crippen molar-refractivity contribution in [2.24, 2.45) is 0 Å². The first-order valence-corrected chi connectivity index (χ1v) is 10.4. The first-order valence-electron chi connectivity index (χ1n) is 10.4. The summed E-state index contributed by atoms with van der Waals surface area (Å²) in [6.45, 7) is 4.12. The number of hydrogen-bond acceptors (Lipinski definition) is 2. The number of carbonyl (C=O) groups is 1. The molecule has 0 aliphatic rings. The van der Waals surface area contributed by atoms with Crippen LogP contribution in [-0.2, 0) is 6.42 Å². The van der Waals surface area contributed by atoms with Gasteiger partial charge in [0.2, 0.25) is 0 Å². The Morgan fingerprint density at radius 3 is 2.50 bits per heavy atom. The van der Waals surface area contributed by atoms with E-state index in [2.05, 4.69) is 55.6 Å². The molecule has 0 bridgehead atoms. The molecule has 4 rings (SSSR count). The number of pyridine rings is 1. The van der Waals surface area contributed by atoms with Crippen LogP contribution in [0.3, 0.4) is 0 Å². The van der Waals surface area contributed by atoms with E-state index in [1.807, 2.05) is 48.5 Å². The zero-order valence-corrected chi connectivity index (χ0v) is 17.4. The lowest BCUT2D eigenvalue weighted by atomic mass is 10.0. The topological polar surface area (TPSA) is 42.0 Å². The van der Waals surface area contributed by atoms with Crippen LogP contribution < -0.4 is 5.32 Å². The molecule has 3 heteroatoms. The van der Waals surface area contributed by atoms with Crippen LogP contribution in [0, 0.1) is 6.92 Å². The second kappa shape index (κ2) is 8.91. The van der Waals surface area contributed by atoms with Crippen LogP contribution in [0.2, 0.25) is 0 Å². The van der Waals surface area contributed by atoms with Gasteiger partial charge in [0.25, 0.3) is 5.91 Å². The van der Waals surface area contributed by atoms with Crippen molar-refractivity contribution in [3.8, 4) is 11.3 Å². The maximum Gasteiger partial charge on any atom is 0.252 e. The Labute approximate surface area is 177 Å². The third kappa shape index (κ3) is 4.57. The highest BCUT2D eigenvalue weighted by molar-refractivity contribution is 6.07. The molecule has 0 spiro atoms. The molecule has 0 saturated heterocycles. The Morgan fingerprint density at radius 2 is 1.70 bits per heavy atom. The maximum atomic E-state index is 13.2. The number of benzene rings is 3. The number of aryl methyl sites for hydroxylation is 2. The monoisotopic (exact) mass is 394 g/mol. The van der Waals surface area contributed by atoms with Crippen LogP contribution in [0.1, 0.15) is 34.8 Å². The molecule has 1 atom stereocenters. The summed E-state index contributed by atoms with van der Waals surface area (Å²) in [5.41, 5.74) is 5.80. The standard InChI is InChI=1S/C27H26N2O/c1-19-9-8-12-22(17-19)26-18-24(23-13-6-7-14-25(23)29-26)27(30)28-20(2)15-16-21-10-4-3-5-11-21/h3-14,17-18,20H,15-16H2,1-2H3,(H,28,30). The van der Waals surface area contributed by atoms with Crippen molar-refractivity contribution in [3.05, 3.63) is 102 Å². The molecule has 0 radical (unpaired) electrons. The van der Waals surface area contributed by atoms with E-state index < -0.39 is 0 Å². The van der Waals surface area contributed by atoms with Gasteiger partial charge in [-0.25, -0.2) is 4.98 Å². The molecule has 0 saturated carbocycles. The predicted octanol–water partition coefficient (Wildman–Crippen LogP) is 5.96. The smallest absolute Gasteiger partial charge is 0.252 e. The average Bonchev–Trinajstić information content (AvgIpc) is 2.77. The van der Waals surface area contributed by atoms with E-state index in [0.717, 1.165) is 35.0 Å². The van der Waals surface area contributed by atoms with Gasteiger partial charge in [-0.1, -0.05) is 72.3 Å². The number of fused-ring (bicyclic) bond motifs is 1. The van der Waals surface area contributed by atoms with E-state index in [1.54, 1.807) is 0 Å². The minimum Gasteiger partial charge on any atom is -0.350 e. The minimum absolute atomic E-state index is 0.0527. The van der Waals surface area contributed by atoms with Gasteiger partial charge in [0.1, 0.15) is 0 Å².